The highest BCUT2D eigenvalue weighted by Gasteiger charge is 2.33. The molecule has 0 aliphatic heterocycles. The van der Waals surface area contributed by atoms with Crippen molar-refractivity contribution < 1.29 is 4.79 Å². The second kappa shape index (κ2) is 7.34. The lowest BCUT2D eigenvalue weighted by atomic mass is 10.2. The minimum absolute atomic E-state index is 0.0608. The van der Waals surface area contributed by atoms with Crippen molar-refractivity contribution in [1.29, 1.82) is 0 Å². The molecule has 1 aliphatic carbocycles. The van der Waals surface area contributed by atoms with Crippen LogP contribution in [0.2, 0.25) is 0 Å². The van der Waals surface area contributed by atoms with Gasteiger partial charge < -0.3 is 4.90 Å². The summed E-state index contributed by atoms with van der Waals surface area (Å²) in [5, 5.41) is 5.08. The van der Waals surface area contributed by atoms with E-state index < -0.39 is 0 Å². The standard InChI is InChI=1S/C16H27N3OS/c1-5-12(6-2)19-11-10-13(17-19)16(20)18(3)14-8-7-9-15(14)21-4/h10-12,14-15H,5-9H2,1-4H3/t14-,15+/m0/s1. The lowest BCUT2D eigenvalue weighted by Crippen LogP contribution is -2.40. The molecule has 0 N–H and O–H groups in total. The molecule has 0 spiro atoms. The zero-order valence-electron chi connectivity index (χ0n) is 13.6. The van der Waals surface area contributed by atoms with Gasteiger partial charge in [-0.25, -0.2) is 0 Å². The van der Waals surface area contributed by atoms with E-state index in [0.717, 1.165) is 19.3 Å². The van der Waals surface area contributed by atoms with Gasteiger partial charge in [0.2, 0.25) is 0 Å². The maximum atomic E-state index is 12.6. The number of carbonyl (C=O) groups excluding carboxylic acids is 1. The van der Waals surface area contributed by atoms with E-state index in [1.807, 2.05) is 40.7 Å². The number of rotatable bonds is 6. The highest BCUT2D eigenvalue weighted by Crippen LogP contribution is 2.32. The Hall–Kier alpha value is -0.970. The van der Waals surface area contributed by atoms with E-state index in [-0.39, 0.29) is 5.91 Å². The molecule has 1 amide bonds. The number of thioether (sulfide) groups is 1. The van der Waals surface area contributed by atoms with Gasteiger partial charge in [-0.05, 0) is 38.0 Å². The van der Waals surface area contributed by atoms with Crippen LogP contribution in [0, 0.1) is 0 Å². The second-order valence-electron chi connectivity index (χ2n) is 5.84. The predicted molar refractivity (Wildman–Crippen MR) is 88.9 cm³/mol. The summed E-state index contributed by atoms with van der Waals surface area (Å²) in [5.41, 5.74) is 0.580. The number of amides is 1. The van der Waals surface area contributed by atoms with Gasteiger partial charge in [-0.15, -0.1) is 0 Å². The molecular weight excluding hydrogens is 282 g/mol. The molecule has 1 fully saturated rings. The average Bonchev–Trinajstić information content (AvgIpc) is 3.16. The fraction of sp³-hybridized carbons (Fsp3) is 0.750. The lowest BCUT2D eigenvalue weighted by molar-refractivity contribution is 0.0731. The summed E-state index contributed by atoms with van der Waals surface area (Å²) < 4.78 is 1.95. The Morgan fingerprint density at radius 3 is 2.81 bits per heavy atom. The summed E-state index contributed by atoms with van der Waals surface area (Å²) in [6, 6.07) is 2.60. The molecule has 1 aromatic rings. The summed E-state index contributed by atoms with van der Waals surface area (Å²) in [6.07, 6.45) is 9.71. The molecule has 0 saturated heterocycles. The Morgan fingerprint density at radius 2 is 2.19 bits per heavy atom. The van der Waals surface area contributed by atoms with Gasteiger partial charge in [0.05, 0.1) is 6.04 Å². The van der Waals surface area contributed by atoms with E-state index in [2.05, 4.69) is 25.2 Å². The first-order valence-electron chi connectivity index (χ1n) is 7.97. The summed E-state index contributed by atoms with van der Waals surface area (Å²) in [5.74, 6) is 0.0608. The number of hydrogen-bond donors (Lipinski definition) is 0. The quantitative estimate of drug-likeness (QED) is 0.806. The fourth-order valence-corrected chi connectivity index (χ4v) is 4.31. The van der Waals surface area contributed by atoms with Crippen molar-refractivity contribution in [2.24, 2.45) is 0 Å². The molecule has 0 aromatic carbocycles. The largest absolute Gasteiger partial charge is 0.336 e. The van der Waals surface area contributed by atoms with Crippen molar-refractivity contribution in [3.05, 3.63) is 18.0 Å². The summed E-state index contributed by atoms with van der Waals surface area (Å²) >= 11 is 1.88. The Bertz CT molecular complexity index is 470. The van der Waals surface area contributed by atoms with E-state index >= 15 is 0 Å². The van der Waals surface area contributed by atoms with Crippen LogP contribution in [-0.2, 0) is 0 Å². The third kappa shape index (κ3) is 3.44. The highest BCUT2D eigenvalue weighted by atomic mass is 32.2. The smallest absolute Gasteiger partial charge is 0.274 e. The van der Waals surface area contributed by atoms with Crippen molar-refractivity contribution in [3.8, 4) is 0 Å². The van der Waals surface area contributed by atoms with E-state index in [0.29, 0.717) is 23.0 Å². The first-order chi connectivity index (χ1) is 10.1. The maximum absolute atomic E-state index is 12.6. The monoisotopic (exact) mass is 309 g/mol. The van der Waals surface area contributed by atoms with Crippen LogP contribution in [0.1, 0.15) is 62.5 Å². The van der Waals surface area contributed by atoms with Gasteiger partial charge in [0.25, 0.3) is 5.91 Å². The number of aromatic nitrogens is 2. The molecule has 5 heteroatoms. The normalized spacial score (nSPS) is 22.0. The Morgan fingerprint density at radius 1 is 1.48 bits per heavy atom. The third-order valence-electron chi connectivity index (χ3n) is 4.68. The molecule has 4 nitrogen and oxygen atoms in total. The van der Waals surface area contributed by atoms with Gasteiger partial charge in [0.1, 0.15) is 5.69 Å². The minimum Gasteiger partial charge on any atom is -0.336 e. The fourth-order valence-electron chi connectivity index (χ4n) is 3.27. The van der Waals surface area contributed by atoms with Crippen LogP contribution in [0.25, 0.3) is 0 Å². The van der Waals surface area contributed by atoms with Crippen LogP contribution in [0.5, 0.6) is 0 Å². The zero-order valence-corrected chi connectivity index (χ0v) is 14.4. The van der Waals surface area contributed by atoms with Crippen LogP contribution in [0.4, 0.5) is 0 Å². The first kappa shape index (κ1) is 16.4. The maximum Gasteiger partial charge on any atom is 0.274 e. The van der Waals surface area contributed by atoms with Crippen molar-refractivity contribution in [2.45, 2.75) is 63.3 Å². The Balaban J connectivity index is 2.09. The van der Waals surface area contributed by atoms with Gasteiger partial charge in [-0.2, -0.15) is 16.9 Å². The van der Waals surface area contributed by atoms with Crippen LogP contribution >= 0.6 is 11.8 Å². The van der Waals surface area contributed by atoms with Gasteiger partial charge in [-0.3, -0.25) is 9.48 Å². The topological polar surface area (TPSA) is 38.1 Å². The Kier molecular flexibility index (Phi) is 5.73. The predicted octanol–water partition coefficient (Wildman–Crippen LogP) is 3.60. The van der Waals surface area contributed by atoms with E-state index in [1.54, 1.807) is 0 Å². The highest BCUT2D eigenvalue weighted by molar-refractivity contribution is 7.99. The second-order valence-corrected chi connectivity index (χ2v) is 6.92. The Labute approximate surface area is 132 Å². The molecule has 1 saturated carbocycles. The molecule has 0 radical (unpaired) electrons. The molecule has 21 heavy (non-hydrogen) atoms. The SMILES string of the molecule is CCC(CC)n1ccc(C(=O)N(C)[C@H]2CCC[C@H]2SC)n1. The molecule has 2 atom stereocenters. The average molecular weight is 309 g/mol. The third-order valence-corrected chi connectivity index (χ3v) is 5.84. The van der Waals surface area contributed by atoms with Crippen LogP contribution in [0.15, 0.2) is 12.3 Å². The van der Waals surface area contributed by atoms with Crippen molar-refractivity contribution in [2.75, 3.05) is 13.3 Å². The molecule has 118 valence electrons. The molecule has 0 bridgehead atoms. The van der Waals surface area contributed by atoms with Gasteiger partial charge in [0, 0.05) is 24.5 Å². The molecule has 1 heterocycles. The minimum atomic E-state index is 0.0608. The number of hydrogen-bond acceptors (Lipinski definition) is 3. The summed E-state index contributed by atoms with van der Waals surface area (Å²) in [6.45, 7) is 4.32. The molecular formula is C16H27N3OS. The summed E-state index contributed by atoms with van der Waals surface area (Å²) in [4.78, 5) is 14.6. The zero-order chi connectivity index (χ0) is 15.4. The van der Waals surface area contributed by atoms with E-state index in [9.17, 15) is 4.79 Å². The van der Waals surface area contributed by atoms with Crippen LogP contribution < -0.4 is 0 Å². The van der Waals surface area contributed by atoms with E-state index in [4.69, 9.17) is 0 Å². The van der Waals surface area contributed by atoms with E-state index in [1.165, 1.54) is 12.8 Å². The van der Waals surface area contributed by atoms with Gasteiger partial charge in [-0.1, -0.05) is 20.3 Å². The molecule has 1 aromatic heterocycles. The van der Waals surface area contributed by atoms with Gasteiger partial charge >= 0.3 is 0 Å². The molecule has 0 unspecified atom stereocenters. The first-order valence-corrected chi connectivity index (χ1v) is 9.26. The number of nitrogens with zero attached hydrogens (tertiary/aromatic N) is 3. The van der Waals surface area contributed by atoms with Crippen LogP contribution in [0.3, 0.4) is 0 Å². The van der Waals surface area contributed by atoms with Crippen molar-refractivity contribution in [1.82, 2.24) is 14.7 Å². The molecule has 1 aliphatic rings. The lowest BCUT2D eigenvalue weighted by Gasteiger charge is -2.28. The summed E-state index contributed by atoms with van der Waals surface area (Å²) in [7, 11) is 1.93. The van der Waals surface area contributed by atoms with Crippen LogP contribution in [-0.4, -0.2) is 45.2 Å². The molecule has 2 rings (SSSR count). The van der Waals surface area contributed by atoms with Crippen molar-refractivity contribution in [3.63, 3.8) is 0 Å². The number of carbonyl (C=O) groups is 1. The van der Waals surface area contributed by atoms with Gasteiger partial charge in [0.15, 0.2) is 0 Å². The van der Waals surface area contributed by atoms with Crippen molar-refractivity contribution >= 4 is 17.7 Å².